The number of aryl methyl sites for hydroxylation is 3. The molecule has 2 atom stereocenters. The minimum absolute atomic E-state index is 0.0852. The van der Waals surface area contributed by atoms with E-state index in [1.165, 1.54) is 6.92 Å². The van der Waals surface area contributed by atoms with E-state index >= 15 is 0 Å². The van der Waals surface area contributed by atoms with Gasteiger partial charge in [-0.25, -0.2) is 9.50 Å². The number of hydrogen-bond acceptors (Lipinski definition) is 7. The number of cyclic esters (lactones) is 1. The summed E-state index contributed by atoms with van der Waals surface area (Å²) in [5.74, 6) is -0.600. The molecule has 8 nitrogen and oxygen atoms in total. The quantitative estimate of drug-likeness (QED) is 0.248. The van der Waals surface area contributed by atoms with Crippen LogP contribution in [0.1, 0.15) is 78.6 Å². The maximum atomic E-state index is 13.5. The molecule has 1 saturated carbocycles. The Labute approximate surface area is 220 Å². The first kappa shape index (κ1) is 25.5. The van der Waals surface area contributed by atoms with Crippen LogP contribution in [0.3, 0.4) is 0 Å². The molecular formula is C28H31ClN4O4. The van der Waals surface area contributed by atoms with Crippen LogP contribution < -0.4 is 0 Å². The Hall–Kier alpha value is -3.13. The van der Waals surface area contributed by atoms with Gasteiger partial charge in [-0.15, -0.1) is 5.10 Å². The van der Waals surface area contributed by atoms with Gasteiger partial charge in [-0.3, -0.25) is 14.4 Å². The van der Waals surface area contributed by atoms with E-state index in [1.807, 2.05) is 26.0 Å². The first-order valence-corrected chi connectivity index (χ1v) is 13.3. The van der Waals surface area contributed by atoms with Crippen molar-refractivity contribution in [2.75, 3.05) is 0 Å². The largest absolute Gasteiger partial charge is 0.458 e. The molecule has 2 aromatic heterocycles. The lowest BCUT2D eigenvalue weighted by Crippen LogP contribution is -2.52. The summed E-state index contributed by atoms with van der Waals surface area (Å²) < 4.78 is 7.85. The second-order valence-electron chi connectivity index (χ2n) is 10.5. The van der Waals surface area contributed by atoms with Gasteiger partial charge in [-0.1, -0.05) is 30.5 Å². The Kier molecular flexibility index (Phi) is 6.88. The van der Waals surface area contributed by atoms with E-state index in [9.17, 15) is 14.4 Å². The van der Waals surface area contributed by atoms with Gasteiger partial charge in [0.2, 0.25) is 0 Å². The van der Waals surface area contributed by atoms with Crippen LogP contribution >= 0.6 is 11.6 Å². The van der Waals surface area contributed by atoms with Crippen LogP contribution in [-0.4, -0.2) is 42.7 Å². The van der Waals surface area contributed by atoms with Gasteiger partial charge in [-0.2, -0.15) is 4.98 Å². The Morgan fingerprint density at radius 2 is 1.92 bits per heavy atom. The monoisotopic (exact) mass is 522 g/mol. The van der Waals surface area contributed by atoms with Crippen molar-refractivity contribution in [3.63, 3.8) is 0 Å². The maximum Gasteiger partial charge on any atom is 0.317 e. The van der Waals surface area contributed by atoms with Gasteiger partial charge < -0.3 is 4.74 Å². The number of aromatic nitrogens is 4. The Morgan fingerprint density at radius 3 is 2.59 bits per heavy atom. The number of benzene rings is 1. The standard InChI is InChI=1S/C28H31ClN4O4/c1-16-12-17(2)33-27(30-16)31-25(32-33)14-22-24(35)15-28(37-26(22)36,20-6-4-5-7-20)11-10-19-8-9-21(18(3)34)23(29)13-19/h8-9,12-13,20,22H,4-7,10-11,14-15H2,1-3H3. The minimum Gasteiger partial charge on any atom is -0.458 e. The zero-order valence-electron chi connectivity index (χ0n) is 21.4. The molecule has 0 amide bonds. The Morgan fingerprint density at radius 1 is 1.16 bits per heavy atom. The van der Waals surface area contributed by atoms with E-state index in [2.05, 4.69) is 15.1 Å². The predicted molar refractivity (Wildman–Crippen MR) is 138 cm³/mol. The highest BCUT2D eigenvalue weighted by atomic mass is 35.5. The number of esters is 1. The highest BCUT2D eigenvalue weighted by Crippen LogP contribution is 2.45. The van der Waals surface area contributed by atoms with E-state index in [-0.39, 0.29) is 30.3 Å². The van der Waals surface area contributed by atoms with Crippen LogP contribution in [0.4, 0.5) is 0 Å². The maximum absolute atomic E-state index is 13.5. The number of fused-ring (bicyclic) bond motifs is 1. The molecule has 1 saturated heterocycles. The summed E-state index contributed by atoms with van der Waals surface area (Å²) in [7, 11) is 0. The first-order chi connectivity index (χ1) is 17.6. The third kappa shape index (κ3) is 5.04. The van der Waals surface area contributed by atoms with Crippen molar-refractivity contribution in [3.05, 3.63) is 57.6 Å². The van der Waals surface area contributed by atoms with Crippen molar-refractivity contribution in [1.82, 2.24) is 19.6 Å². The number of rotatable bonds is 7. The summed E-state index contributed by atoms with van der Waals surface area (Å²) in [4.78, 5) is 47.4. The SMILES string of the molecule is CC(=O)c1ccc(CCC2(C3CCCC3)CC(=O)C(Cc3nc4nc(C)cc(C)n4n3)C(=O)O2)cc1Cl. The van der Waals surface area contributed by atoms with Gasteiger partial charge in [0.1, 0.15) is 11.5 Å². The lowest BCUT2D eigenvalue weighted by Gasteiger charge is -2.43. The van der Waals surface area contributed by atoms with Crippen molar-refractivity contribution in [1.29, 1.82) is 0 Å². The topological polar surface area (TPSA) is 104 Å². The molecule has 0 N–H and O–H groups in total. The summed E-state index contributed by atoms with van der Waals surface area (Å²) in [6.07, 6.45) is 5.43. The van der Waals surface area contributed by atoms with E-state index in [1.54, 1.807) is 16.6 Å². The molecule has 0 radical (unpaired) electrons. The second kappa shape index (κ2) is 9.97. The molecule has 0 spiro atoms. The third-order valence-electron chi connectivity index (χ3n) is 7.85. The lowest BCUT2D eigenvalue weighted by atomic mass is 9.73. The fourth-order valence-electron chi connectivity index (χ4n) is 5.91. The zero-order valence-corrected chi connectivity index (χ0v) is 22.2. The molecule has 2 unspecified atom stereocenters. The molecule has 2 aliphatic rings. The highest BCUT2D eigenvalue weighted by Gasteiger charge is 2.51. The van der Waals surface area contributed by atoms with Crippen molar-refractivity contribution in [2.24, 2.45) is 11.8 Å². The average Bonchev–Trinajstić information content (AvgIpc) is 3.51. The molecule has 3 heterocycles. The molecule has 37 heavy (non-hydrogen) atoms. The van der Waals surface area contributed by atoms with Crippen LogP contribution in [0.2, 0.25) is 5.02 Å². The smallest absolute Gasteiger partial charge is 0.317 e. The Bertz CT molecular complexity index is 1370. The van der Waals surface area contributed by atoms with Crippen molar-refractivity contribution >= 4 is 34.9 Å². The van der Waals surface area contributed by atoms with Crippen LogP contribution in [-0.2, 0) is 27.2 Å². The molecule has 0 bridgehead atoms. The van der Waals surface area contributed by atoms with Gasteiger partial charge >= 0.3 is 5.97 Å². The Balaban J connectivity index is 1.35. The third-order valence-corrected chi connectivity index (χ3v) is 8.16. The van der Waals surface area contributed by atoms with Crippen molar-refractivity contribution in [2.45, 2.75) is 77.7 Å². The van der Waals surface area contributed by atoms with Gasteiger partial charge in [0, 0.05) is 29.8 Å². The number of ether oxygens (including phenoxy) is 1. The van der Waals surface area contributed by atoms with Crippen LogP contribution in [0.15, 0.2) is 24.3 Å². The van der Waals surface area contributed by atoms with Crippen molar-refractivity contribution < 1.29 is 19.1 Å². The van der Waals surface area contributed by atoms with E-state index in [4.69, 9.17) is 16.3 Å². The highest BCUT2D eigenvalue weighted by molar-refractivity contribution is 6.33. The first-order valence-electron chi connectivity index (χ1n) is 12.9. The molecule has 194 valence electrons. The molecule has 5 rings (SSSR count). The zero-order chi connectivity index (χ0) is 26.3. The summed E-state index contributed by atoms with van der Waals surface area (Å²) in [5.41, 5.74) is 2.32. The van der Waals surface area contributed by atoms with Crippen LogP contribution in [0, 0.1) is 25.7 Å². The van der Waals surface area contributed by atoms with Gasteiger partial charge in [0.05, 0.1) is 5.02 Å². The lowest BCUT2D eigenvalue weighted by molar-refractivity contribution is -0.185. The summed E-state index contributed by atoms with van der Waals surface area (Å²) in [5, 5.41) is 4.89. The fourth-order valence-corrected chi connectivity index (χ4v) is 6.25. The van der Waals surface area contributed by atoms with Crippen LogP contribution in [0.5, 0.6) is 0 Å². The van der Waals surface area contributed by atoms with Gasteiger partial charge in [-0.05, 0) is 76.1 Å². The number of ketones is 2. The summed E-state index contributed by atoms with van der Waals surface area (Å²) >= 11 is 6.32. The predicted octanol–water partition coefficient (Wildman–Crippen LogP) is 4.83. The van der Waals surface area contributed by atoms with Gasteiger partial charge in [0.25, 0.3) is 5.78 Å². The normalized spacial score (nSPS) is 22.5. The number of halogens is 1. The number of carbonyl (C=O) groups is 3. The molecular weight excluding hydrogens is 492 g/mol. The molecule has 1 aliphatic carbocycles. The minimum atomic E-state index is -0.919. The number of nitrogens with zero attached hydrogens (tertiary/aromatic N) is 4. The van der Waals surface area contributed by atoms with Crippen molar-refractivity contribution in [3.8, 4) is 0 Å². The number of Topliss-reactive ketones (excluding diaryl/α,β-unsaturated/α-hetero) is 2. The van der Waals surface area contributed by atoms with E-state index in [0.717, 1.165) is 42.6 Å². The molecule has 9 heteroatoms. The van der Waals surface area contributed by atoms with E-state index < -0.39 is 17.5 Å². The van der Waals surface area contributed by atoms with Gasteiger partial charge in [0.15, 0.2) is 17.4 Å². The second-order valence-corrected chi connectivity index (χ2v) is 10.9. The number of carbonyl (C=O) groups excluding carboxylic acids is 3. The fraction of sp³-hybridized carbons (Fsp3) is 0.500. The molecule has 1 aliphatic heterocycles. The number of hydrogen-bond donors (Lipinski definition) is 0. The molecule has 2 fully saturated rings. The summed E-state index contributed by atoms with van der Waals surface area (Å²) in [6, 6.07) is 7.31. The average molecular weight is 523 g/mol. The van der Waals surface area contributed by atoms with Crippen LogP contribution in [0.25, 0.3) is 5.78 Å². The van der Waals surface area contributed by atoms with E-state index in [0.29, 0.717) is 35.0 Å². The molecule has 3 aromatic rings. The molecule has 1 aromatic carbocycles. The summed E-state index contributed by atoms with van der Waals surface area (Å²) in [6.45, 7) is 5.29.